The van der Waals surface area contributed by atoms with Crippen molar-refractivity contribution in [1.82, 2.24) is 10.2 Å². The van der Waals surface area contributed by atoms with Gasteiger partial charge in [0.2, 0.25) is 11.1 Å². The Balaban J connectivity index is 1.99. The summed E-state index contributed by atoms with van der Waals surface area (Å²) in [6, 6.07) is 9.79. The lowest BCUT2D eigenvalue weighted by Crippen LogP contribution is -2.28. The molecule has 4 nitrogen and oxygen atoms in total. The summed E-state index contributed by atoms with van der Waals surface area (Å²) in [7, 11) is 1.99. The van der Waals surface area contributed by atoms with Gasteiger partial charge in [-0.05, 0) is 24.4 Å². The van der Waals surface area contributed by atoms with Crippen molar-refractivity contribution < 1.29 is 0 Å². The molecule has 0 aromatic heterocycles. The van der Waals surface area contributed by atoms with E-state index in [0.29, 0.717) is 5.11 Å². The predicted octanol–water partition coefficient (Wildman–Crippen LogP) is 1.27. The lowest BCUT2D eigenvalue weighted by Gasteiger charge is -2.10. The van der Waals surface area contributed by atoms with E-state index >= 15 is 0 Å². The summed E-state index contributed by atoms with van der Waals surface area (Å²) in [5, 5.41) is 6.71. The molecule has 2 N–H and O–H groups in total. The van der Waals surface area contributed by atoms with Gasteiger partial charge in [-0.15, -0.1) is 0 Å². The minimum absolute atomic E-state index is 0.474. The van der Waals surface area contributed by atoms with Gasteiger partial charge in [0, 0.05) is 25.8 Å². The van der Waals surface area contributed by atoms with Crippen molar-refractivity contribution in [2.75, 3.05) is 25.5 Å². The molecule has 2 rings (SSSR count). The Kier molecular flexibility index (Phi) is 3.36. The highest BCUT2D eigenvalue weighted by atomic mass is 32.1. The normalized spacial score (nSPS) is 17.3. The van der Waals surface area contributed by atoms with E-state index in [2.05, 4.69) is 15.6 Å². The van der Waals surface area contributed by atoms with Gasteiger partial charge in [0.15, 0.2) is 0 Å². The van der Waals surface area contributed by atoms with Gasteiger partial charge in [-0.2, -0.15) is 4.99 Å². The molecule has 1 heterocycles. The van der Waals surface area contributed by atoms with Gasteiger partial charge in [0.25, 0.3) is 0 Å². The van der Waals surface area contributed by atoms with Crippen molar-refractivity contribution in [2.24, 2.45) is 4.99 Å². The SMILES string of the molecule is CN1CCN/C1=N\C(=S)Nc1ccccc1. The van der Waals surface area contributed by atoms with Crippen molar-refractivity contribution in [3.63, 3.8) is 0 Å². The first-order valence-corrected chi connectivity index (χ1v) is 5.56. The zero-order chi connectivity index (χ0) is 11.4. The molecular weight excluding hydrogens is 220 g/mol. The van der Waals surface area contributed by atoms with Crippen LogP contribution in [0.15, 0.2) is 35.3 Å². The summed E-state index contributed by atoms with van der Waals surface area (Å²) in [6.45, 7) is 1.88. The van der Waals surface area contributed by atoms with Gasteiger partial charge in [-0.25, -0.2) is 0 Å². The second-order valence-electron chi connectivity index (χ2n) is 3.58. The Bertz CT molecular complexity index is 402. The van der Waals surface area contributed by atoms with Crippen LogP contribution in [0, 0.1) is 0 Å². The molecular formula is C11H14N4S. The van der Waals surface area contributed by atoms with E-state index in [9.17, 15) is 0 Å². The third-order valence-electron chi connectivity index (χ3n) is 2.32. The van der Waals surface area contributed by atoms with Crippen LogP contribution >= 0.6 is 12.2 Å². The van der Waals surface area contributed by atoms with Gasteiger partial charge in [-0.3, -0.25) is 0 Å². The van der Waals surface area contributed by atoms with Crippen molar-refractivity contribution in [2.45, 2.75) is 0 Å². The fourth-order valence-corrected chi connectivity index (χ4v) is 1.67. The number of anilines is 1. The number of aliphatic imine (C=N–C) groups is 1. The Morgan fingerprint density at radius 2 is 2.19 bits per heavy atom. The second-order valence-corrected chi connectivity index (χ2v) is 3.97. The Morgan fingerprint density at radius 1 is 1.44 bits per heavy atom. The summed E-state index contributed by atoms with van der Waals surface area (Å²) < 4.78 is 0. The average Bonchev–Trinajstić information content (AvgIpc) is 2.66. The number of nitrogens with zero attached hydrogens (tertiary/aromatic N) is 2. The molecule has 0 aliphatic carbocycles. The smallest absolute Gasteiger partial charge is 0.201 e. The van der Waals surface area contributed by atoms with Gasteiger partial charge >= 0.3 is 0 Å². The molecule has 0 spiro atoms. The third-order valence-corrected chi connectivity index (χ3v) is 2.52. The number of hydrogen-bond donors (Lipinski definition) is 2. The van der Waals surface area contributed by atoms with E-state index in [1.807, 2.05) is 42.3 Å². The average molecular weight is 234 g/mol. The first kappa shape index (κ1) is 10.9. The molecule has 0 unspecified atom stereocenters. The summed E-state index contributed by atoms with van der Waals surface area (Å²) in [6.07, 6.45) is 0. The highest BCUT2D eigenvalue weighted by Crippen LogP contribution is 2.05. The van der Waals surface area contributed by atoms with Crippen LogP contribution < -0.4 is 10.6 Å². The Labute approximate surface area is 100 Å². The van der Waals surface area contributed by atoms with Crippen LogP contribution in [0.1, 0.15) is 0 Å². The summed E-state index contributed by atoms with van der Waals surface area (Å²) in [4.78, 5) is 6.34. The first-order valence-electron chi connectivity index (χ1n) is 5.15. The van der Waals surface area contributed by atoms with Crippen molar-refractivity contribution in [3.8, 4) is 0 Å². The highest BCUT2D eigenvalue weighted by molar-refractivity contribution is 7.80. The first-order chi connectivity index (χ1) is 7.75. The summed E-state index contributed by atoms with van der Waals surface area (Å²) in [5.41, 5.74) is 0.956. The molecule has 1 aliphatic rings. The summed E-state index contributed by atoms with van der Waals surface area (Å²) in [5.74, 6) is 0.827. The van der Waals surface area contributed by atoms with Crippen molar-refractivity contribution in [3.05, 3.63) is 30.3 Å². The zero-order valence-electron chi connectivity index (χ0n) is 9.10. The molecule has 1 aromatic rings. The number of likely N-dealkylation sites (N-methyl/N-ethyl adjacent to an activating group) is 1. The number of guanidine groups is 1. The minimum Gasteiger partial charge on any atom is -0.354 e. The molecule has 5 heteroatoms. The van der Waals surface area contributed by atoms with Crippen LogP contribution in [0.3, 0.4) is 0 Å². The quantitative estimate of drug-likeness (QED) is 0.718. The molecule has 16 heavy (non-hydrogen) atoms. The molecule has 84 valence electrons. The predicted molar refractivity (Wildman–Crippen MR) is 70.7 cm³/mol. The molecule has 1 aliphatic heterocycles. The van der Waals surface area contributed by atoms with Crippen LogP contribution in [-0.4, -0.2) is 36.1 Å². The number of hydrogen-bond acceptors (Lipinski definition) is 1. The molecule has 0 saturated carbocycles. The number of thiocarbonyl (C=S) groups is 1. The minimum atomic E-state index is 0.474. The van der Waals surface area contributed by atoms with Crippen LogP contribution in [0.5, 0.6) is 0 Å². The molecule has 0 amide bonds. The standard InChI is InChI=1S/C11H14N4S/c1-15-8-7-12-10(15)14-11(16)13-9-5-3-2-4-6-9/h2-6H,7-8H2,1H3,(H2,12,13,14,16). The molecule has 0 radical (unpaired) electrons. The molecule has 1 fully saturated rings. The van der Waals surface area contributed by atoms with Gasteiger partial charge < -0.3 is 15.5 Å². The Hall–Kier alpha value is -1.62. The van der Waals surface area contributed by atoms with E-state index in [1.165, 1.54) is 0 Å². The van der Waals surface area contributed by atoms with Crippen molar-refractivity contribution in [1.29, 1.82) is 0 Å². The molecule has 1 saturated heterocycles. The molecule has 1 aromatic carbocycles. The largest absolute Gasteiger partial charge is 0.354 e. The fraction of sp³-hybridized carbons (Fsp3) is 0.273. The monoisotopic (exact) mass is 234 g/mol. The fourth-order valence-electron chi connectivity index (χ4n) is 1.47. The third kappa shape index (κ3) is 2.70. The topological polar surface area (TPSA) is 39.7 Å². The van der Waals surface area contributed by atoms with Gasteiger partial charge in [-0.1, -0.05) is 18.2 Å². The van der Waals surface area contributed by atoms with Gasteiger partial charge in [0.05, 0.1) is 0 Å². The van der Waals surface area contributed by atoms with E-state index < -0.39 is 0 Å². The van der Waals surface area contributed by atoms with E-state index in [-0.39, 0.29) is 0 Å². The van der Waals surface area contributed by atoms with Gasteiger partial charge in [0.1, 0.15) is 0 Å². The van der Waals surface area contributed by atoms with Crippen molar-refractivity contribution >= 4 is 29.0 Å². The number of rotatable bonds is 1. The van der Waals surface area contributed by atoms with Crippen LogP contribution in [0.4, 0.5) is 5.69 Å². The number of nitrogens with one attached hydrogen (secondary N) is 2. The maximum absolute atomic E-state index is 5.16. The lowest BCUT2D eigenvalue weighted by atomic mass is 10.3. The van der Waals surface area contributed by atoms with Crippen LogP contribution in [0.25, 0.3) is 0 Å². The molecule has 0 atom stereocenters. The van der Waals surface area contributed by atoms with E-state index in [0.717, 1.165) is 24.7 Å². The lowest BCUT2D eigenvalue weighted by molar-refractivity contribution is 0.564. The maximum atomic E-state index is 5.16. The molecule has 0 bridgehead atoms. The highest BCUT2D eigenvalue weighted by Gasteiger charge is 2.13. The summed E-state index contributed by atoms with van der Waals surface area (Å²) >= 11 is 5.16. The van der Waals surface area contributed by atoms with E-state index in [4.69, 9.17) is 12.2 Å². The maximum Gasteiger partial charge on any atom is 0.201 e. The van der Waals surface area contributed by atoms with E-state index in [1.54, 1.807) is 0 Å². The number of benzene rings is 1. The zero-order valence-corrected chi connectivity index (χ0v) is 9.92. The number of para-hydroxylation sites is 1. The second kappa shape index (κ2) is 4.94. The van der Waals surface area contributed by atoms with Crippen LogP contribution in [-0.2, 0) is 0 Å². The van der Waals surface area contributed by atoms with Crippen LogP contribution in [0.2, 0.25) is 0 Å². The Morgan fingerprint density at radius 3 is 2.81 bits per heavy atom.